The number of rotatable bonds is 12. The molecule has 1 aromatic carbocycles. The molecule has 1 fully saturated rings. The Balaban J connectivity index is 1.30. The highest BCUT2D eigenvalue weighted by Crippen LogP contribution is 2.41. The van der Waals surface area contributed by atoms with Crippen LogP contribution < -0.4 is 5.32 Å². The summed E-state index contributed by atoms with van der Waals surface area (Å²) in [6.07, 6.45) is 4.01. The molecule has 0 bridgehead atoms. The summed E-state index contributed by atoms with van der Waals surface area (Å²) in [6.45, 7) is 2.61. The summed E-state index contributed by atoms with van der Waals surface area (Å²) in [6, 6.07) is 13.4. The zero-order valence-electron chi connectivity index (χ0n) is 18.9. The quantitative estimate of drug-likeness (QED) is 0.258. The van der Waals surface area contributed by atoms with Crippen LogP contribution in [0.25, 0.3) is 0 Å². The topological polar surface area (TPSA) is 106 Å². The fourth-order valence-electron chi connectivity index (χ4n) is 3.16. The van der Waals surface area contributed by atoms with Crippen LogP contribution in [-0.2, 0) is 19.2 Å². The van der Waals surface area contributed by atoms with Gasteiger partial charge in [-0.05, 0) is 60.4 Å². The summed E-state index contributed by atoms with van der Waals surface area (Å²) in [5.41, 5.74) is 1.73. The van der Waals surface area contributed by atoms with Crippen molar-refractivity contribution < 1.29 is 24.0 Å². The molecular weight excluding hydrogens is 474 g/mol. The summed E-state index contributed by atoms with van der Waals surface area (Å²) < 4.78 is 0. The third-order valence-electron chi connectivity index (χ3n) is 5.10. The van der Waals surface area contributed by atoms with Crippen LogP contribution in [0.4, 0.5) is 0 Å². The van der Waals surface area contributed by atoms with Crippen molar-refractivity contribution in [3.8, 4) is 0 Å². The van der Waals surface area contributed by atoms with E-state index in [1.807, 2.05) is 42.5 Å². The number of amides is 3. The van der Waals surface area contributed by atoms with Crippen LogP contribution in [0.5, 0.6) is 0 Å². The number of benzene rings is 1. The van der Waals surface area contributed by atoms with Crippen LogP contribution in [-0.4, -0.2) is 40.3 Å². The van der Waals surface area contributed by atoms with E-state index in [1.165, 1.54) is 0 Å². The van der Waals surface area contributed by atoms with Crippen LogP contribution in [0.3, 0.4) is 0 Å². The molecule has 1 N–H and O–H groups in total. The lowest BCUT2D eigenvalue weighted by Gasteiger charge is -2.12. The van der Waals surface area contributed by atoms with Crippen molar-refractivity contribution >= 4 is 45.3 Å². The Morgan fingerprint density at radius 1 is 1.06 bits per heavy atom. The van der Waals surface area contributed by atoms with Gasteiger partial charge in [-0.15, -0.1) is 5.06 Å². The van der Waals surface area contributed by atoms with Crippen molar-refractivity contribution in [3.05, 3.63) is 59.8 Å². The van der Waals surface area contributed by atoms with Crippen LogP contribution in [0, 0.1) is 0 Å². The molecule has 1 atom stereocenters. The molecule has 0 saturated carbocycles. The Morgan fingerprint density at radius 3 is 2.47 bits per heavy atom. The van der Waals surface area contributed by atoms with Gasteiger partial charge in [0.2, 0.25) is 0 Å². The van der Waals surface area contributed by atoms with Gasteiger partial charge in [0.05, 0.1) is 0 Å². The van der Waals surface area contributed by atoms with E-state index in [2.05, 4.69) is 17.2 Å². The van der Waals surface area contributed by atoms with Crippen LogP contribution >= 0.6 is 21.6 Å². The smallest absolute Gasteiger partial charge is 0.333 e. The highest BCUT2D eigenvalue weighted by molar-refractivity contribution is 8.76. The van der Waals surface area contributed by atoms with E-state index in [-0.39, 0.29) is 30.4 Å². The number of hydroxylamine groups is 2. The zero-order chi connectivity index (χ0) is 24.3. The first kappa shape index (κ1) is 25.8. The first-order valence-corrected chi connectivity index (χ1v) is 13.3. The zero-order valence-corrected chi connectivity index (χ0v) is 20.5. The van der Waals surface area contributed by atoms with Gasteiger partial charge in [-0.25, -0.2) is 9.78 Å². The lowest BCUT2D eigenvalue weighted by atomic mass is 10.1. The van der Waals surface area contributed by atoms with Crippen molar-refractivity contribution in [2.24, 2.45) is 0 Å². The largest absolute Gasteiger partial charge is 0.352 e. The monoisotopic (exact) mass is 501 g/mol. The number of nitrogens with zero attached hydrogens (tertiary/aromatic N) is 2. The predicted octanol–water partition coefficient (Wildman–Crippen LogP) is 4.48. The minimum absolute atomic E-state index is 0.0809. The van der Waals surface area contributed by atoms with Gasteiger partial charge in [0.15, 0.2) is 0 Å². The number of carbonyl (C=O) groups excluding carboxylic acids is 4. The predicted molar refractivity (Wildman–Crippen MR) is 131 cm³/mol. The maximum atomic E-state index is 12.4. The van der Waals surface area contributed by atoms with Gasteiger partial charge >= 0.3 is 5.97 Å². The molecule has 2 aromatic rings. The Labute approximate surface area is 206 Å². The van der Waals surface area contributed by atoms with Gasteiger partial charge in [0, 0.05) is 42.8 Å². The lowest BCUT2D eigenvalue weighted by molar-refractivity contribution is -0.197. The van der Waals surface area contributed by atoms with Crippen molar-refractivity contribution in [1.82, 2.24) is 15.4 Å². The van der Waals surface area contributed by atoms with Crippen molar-refractivity contribution in [2.45, 2.75) is 55.7 Å². The molecule has 0 spiro atoms. The molecule has 3 rings (SSSR count). The fraction of sp³-hybridized carbons (Fsp3) is 0.375. The average molecular weight is 502 g/mol. The Morgan fingerprint density at radius 2 is 1.79 bits per heavy atom. The van der Waals surface area contributed by atoms with E-state index >= 15 is 0 Å². The second kappa shape index (κ2) is 13.1. The van der Waals surface area contributed by atoms with E-state index in [0.29, 0.717) is 36.4 Å². The molecule has 10 heteroatoms. The van der Waals surface area contributed by atoms with Crippen molar-refractivity contribution in [3.63, 3.8) is 0 Å². The number of hydrogen-bond donors (Lipinski definition) is 1. The second-order valence-corrected chi connectivity index (χ2v) is 10.3. The second-order valence-electron chi connectivity index (χ2n) is 7.72. The Kier molecular flexibility index (Phi) is 9.96. The van der Waals surface area contributed by atoms with E-state index in [1.54, 1.807) is 27.8 Å². The third kappa shape index (κ3) is 7.88. The molecule has 0 radical (unpaired) electrons. The molecule has 1 unspecified atom stereocenters. The molecule has 1 saturated heterocycles. The van der Waals surface area contributed by atoms with Crippen LogP contribution in [0.2, 0.25) is 0 Å². The van der Waals surface area contributed by atoms with E-state index in [0.717, 1.165) is 10.6 Å². The first-order chi connectivity index (χ1) is 16.4. The fourth-order valence-corrected chi connectivity index (χ4v) is 5.27. The normalized spacial score (nSPS) is 14.2. The molecule has 1 aliphatic rings. The Hall–Kier alpha value is -2.85. The molecule has 8 nitrogen and oxygen atoms in total. The maximum absolute atomic E-state index is 12.4. The Bertz CT molecular complexity index is 985. The molecule has 34 heavy (non-hydrogen) atoms. The molecule has 1 aromatic heterocycles. The van der Waals surface area contributed by atoms with E-state index < -0.39 is 17.8 Å². The summed E-state index contributed by atoms with van der Waals surface area (Å²) in [5, 5.41) is 4.65. The SMILES string of the molecule is CC(SSc1ccccn1)c1ccc(C(=O)NCCCCCC(=O)ON2C(=O)CCC2=O)cc1. The number of aromatic nitrogens is 1. The summed E-state index contributed by atoms with van der Waals surface area (Å²) in [7, 11) is 3.34. The van der Waals surface area contributed by atoms with Gasteiger partial charge in [0.25, 0.3) is 17.7 Å². The number of pyridine rings is 1. The number of nitrogens with one attached hydrogen (secondary N) is 1. The van der Waals surface area contributed by atoms with Crippen molar-refractivity contribution in [1.29, 1.82) is 0 Å². The maximum Gasteiger partial charge on any atom is 0.333 e. The standard InChI is InChI=1S/C24H27N3O5S2/c1-17(33-34-20-7-4-6-15-25-20)18-9-11-19(12-10-18)24(31)26-16-5-2-3-8-23(30)32-27-21(28)13-14-22(27)29/h4,6-7,9-12,15,17H,2-3,5,8,13-14,16H2,1H3,(H,26,31). The number of carbonyl (C=O) groups is 4. The van der Waals surface area contributed by atoms with Gasteiger partial charge in [-0.1, -0.05) is 35.4 Å². The van der Waals surface area contributed by atoms with Crippen LogP contribution in [0.1, 0.15) is 66.6 Å². The summed E-state index contributed by atoms with van der Waals surface area (Å²) in [5.74, 6) is -1.70. The van der Waals surface area contributed by atoms with Gasteiger partial charge < -0.3 is 10.2 Å². The van der Waals surface area contributed by atoms with E-state index in [4.69, 9.17) is 4.84 Å². The minimum Gasteiger partial charge on any atom is -0.352 e. The summed E-state index contributed by atoms with van der Waals surface area (Å²) in [4.78, 5) is 56.1. The molecule has 0 aliphatic carbocycles. The highest BCUT2D eigenvalue weighted by atomic mass is 33.1. The van der Waals surface area contributed by atoms with Gasteiger partial charge in [-0.2, -0.15) is 0 Å². The third-order valence-corrected chi connectivity index (χ3v) is 7.84. The molecule has 180 valence electrons. The van der Waals surface area contributed by atoms with E-state index in [9.17, 15) is 19.2 Å². The lowest BCUT2D eigenvalue weighted by Crippen LogP contribution is -2.31. The highest BCUT2D eigenvalue weighted by Gasteiger charge is 2.32. The summed E-state index contributed by atoms with van der Waals surface area (Å²) >= 11 is 0. The number of imide groups is 1. The van der Waals surface area contributed by atoms with Gasteiger partial charge in [0.1, 0.15) is 5.03 Å². The molecular formula is C24H27N3O5S2. The van der Waals surface area contributed by atoms with Gasteiger partial charge in [-0.3, -0.25) is 14.4 Å². The average Bonchev–Trinajstić information content (AvgIpc) is 3.17. The van der Waals surface area contributed by atoms with Crippen molar-refractivity contribution in [2.75, 3.05) is 6.54 Å². The molecule has 2 heterocycles. The molecule has 3 amide bonds. The number of hydrogen-bond acceptors (Lipinski definition) is 8. The van der Waals surface area contributed by atoms with Crippen LogP contribution in [0.15, 0.2) is 53.7 Å². The number of unbranched alkanes of at least 4 members (excludes halogenated alkanes) is 2. The molecule has 1 aliphatic heterocycles. The first-order valence-electron chi connectivity index (χ1n) is 11.1. The minimum atomic E-state index is -0.599.